The lowest BCUT2D eigenvalue weighted by Gasteiger charge is -2.19. The zero-order valence-corrected chi connectivity index (χ0v) is 15.6. The zero-order valence-electron chi connectivity index (χ0n) is 15.6. The Labute approximate surface area is 159 Å². The van der Waals surface area contributed by atoms with E-state index in [1.807, 2.05) is 12.1 Å². The fourth-order valence-electron chi connectivity index (χ4n) is 2.25. The predicted molar refractivity (Wildman–Crippen MR) is 104 cm³/mol. The molecule has 2 radical (unpaired) electrons. The number of benzene rings is 2. The van der Waals surface area contributed by atoms with Crippen molar-refractivity contribution in [1.82, 2.24) is 5.32 Å². The van der Waals surface area contributed by atoms with E-state index in [4.69, 9.17) is 12.6 Å². The third kappa shape index (κ3) is 6.77. The zero-order chi connectivity index (χ0) is 20.0. The van der Waals surface area contributed by atoms with Gasteiger partial charge in [0.2, 0.25) is 0 Å². The number of alkyl carbamates (subject to hydrolysis) is 1. The molecule has 27 heavy (non-hydrogen) atoms. The highest BCUT2D eigenvalue weighted by molar-refractivity contribution is 6.32. The van der Waals surface area contributed by atoms with Crippen LogP contribution in [-0.2, 0) is 11.2 Å². The lowest BCUT2D eigenvalue weighted by molar-refractivity contribution is 0.0528. The van der Waals surface area contributed by atoms with Gasteiger partial charge in [-0.25, -0.2) is 9.18 Å². The van der Waals surface area contributed by atoms with Crippen molar-refractivity contribution in [2.45, 2.75) is 32.8 Å². The van der Waals surface area contributed by atoms with Crippen LogP contribution in [0.1, 0.15) is 36.7 Å². The molecule has 5 nitrogen and oxygen atoms in total. The molecule has 2 amide bonds. The number of hydrogen-bond acceptors (Lipinski definition) is 3. The molecule has 0 bridgehead atoms. The maximum atomic E-state index is 13.5. The van der Waals surface area contributed by atoms with Crippen LogP contribution in [0, 0.1) is 5.82 Å². The summed E-state index contributed by atoms with van der Waals surface area (Å²) in [6.45, 7) is 5.85. The van der Waals surface area contributed by atoms with Crippen molar-refractivity contribution in [3.8, 4) is 0 Å². The summed E-state index contributed by atoms with van der Waals surface area (Å²) in [6, 6.07) is 11.1. The van der Waals surface area contributed by atoms with Crippen molar-refractivity contribution in [3.63, 3.8) is 0 Å². The van der Waals surface area contributed by atoms with E-state index in [-0.39, 0.29) is 11.0 Å². The highest BCUT2D eigenvalue weighted by Gasteiger charge is 2.15. The van der Waals surface area contributed by atoms with Gasteiger partial charge in [-0.2, -0.15) is 0 Å². The van der Waals surface area contributed by atoms with Crippen molar-refractivity contribution in [2.75, 3.05) is 11.9 Å². The third-order valence-electron chi connectivity index (χ3n) is 3.56. The van der Waals surface area contributed by atoms with E-state index in [0.29, 0.717) is 18.7 Å². The molecule has 0 aliphatic heterocycles. The quantitative estimate of drug-likeness (QED) is 0.798. The largest absolute Gasteiger partial charge is 0.444 e. The number of nitrogens with one attached hydrogen (secondary N) is 2. The average molecular weight is 368 g/mol. The molecule has 2 rings (SSSR count). The highest BCUT2D eigenvalue weighted by atomic mass is 19.1. The van der Waals surface area contributed by atoms with Crippen molar-refractivity contribution in [3.05, 3.63) is 59.4 Å². The van der Waals surface area contributed by atoms with Gasteiger partial charge in [0.25, 0.3) is 5.91 Å². The number of carbonyl (C=O) groups is 2. The van der Waals surface area contributed by atoms with Crippen molar-refractivity contribution in [1.29, 1.82) is 0 Å². The molecule has 0 heterocycles. The Morgan fingerprint density at radius 1 is 1.11 bits per heavy atom. The highest BCUT2D eigenvalue weighted by Crippen LogP contribution is 2.12. The number of halogens is 1. The Morgan fingerprint density at radius 2 is 1.78 bits per heavy atom. The molecular weight excluding hydrogens is 346 g/mol. The van der Waals surface area contributed by atoms with Gasteiger partial charge in [0, 0.05) is 17.8 Å². The van der Waals surface area contributed by atoms with Crippen molar-refractivity contribution in [2.24, 2.45) is 0 Å². The number of anilines is 1. The van der Waals surface area contributed by atoms with Crippen LogP contribution in [0.15, 0.2) is 42.5 Å². The fraction of sp³-hybridized carbons (Fsp3) is 0.300. The monoisotopic (exact) mass is 368 g/mol. The van der Waals surface area contributed by atoms with Gasteiger partial charge in [0.1, 0.15) is 19.3 Å². The van der Waals surface area contributed by atoms with E-state index in [1.165, 1.54) is 12.1 Å². The third-order valence-corrected chi connectivity index (χ3v) is 3.56. The summed E-state index contributed by atoms with van der Waals surface area (Å²) in [6.07, 6.45) is 0.165. The summed E-state index contributed by atoms with van der Waals surface area (Å²) in [5, 5.41) is 5.39. The smallest absolute Gasteiger partial charge is 0.407 e. The van der Waals surface area contributed by atoms with Crippen LogP contribution < -0.4 is 16.1 Å². The molecule has 2 N–H and O–H groups in total. The van der Waals surface area contributed by atoms with E-state index in [2.05, 4.69) is 10.6 Å². The second kappa shape index (κ2) is 8.71. The normalized spacial score (nSPS) is 11.0. The Kier molecular flexibility index (Phi) is 6.61. The topological polar surface area (TPSA) is 67.4 Å². The molecule has 2 aromatic rings. The summed E-state index contributed by atoms with van der Waals surface area (Å²) >= 11 is 0. The molecule has 7 heteroatoms. The number of ether oxygens (including phenoxy) is 1. The van der Waals surface area contributed by atoms with Gasteiger partial charge < -0.3 is 15.4 Å². The molecule has 0 aliphatic carbocycles. The lowest BCUT2D eigenvalue weighted by Crippen LogP contribution is -2.33. The Bertz CT molecular complexity index is 817. The summed E-state index contributed by atoms with van der Waals surface area (Å²) in [7, 11) is 5.41. The van der Waals surface area contributed by atoms with Crippen LogP contribution in [0.25, 0.3) is 0 Å². The van der Waals surface area contributed by atoms with Gasteiger partial charge in [-0.15, -0.1) is 0 Å². The Hall–Kier alpha value is -2.83. The van der Waals surface area contributed by atoms with Gasteiger partial charge in [0.05, 0.1) is 0 Å². The minimum absolute atomic E-state index is 0.00380. The number of carbonyl (C=O) groups excluding carboxylic acids is 2. The molecule has 0 fully saturated rings. The van der Waals surface area contributed by atoms with Gasteiger partial charge >= 0.3 is 6.09 Å². The van der Waals surface area contributed by atoms with Crippen LogP contribution in [0.5, 0.6) is 0 Å². The first-order valence-electron chi connectivity index (χ1n) is 8.56. The summed E-state index contributed by atoms with van der Waals surface area (Å²) in [4.78, 5) is 23.7. The SMILES string of the molecule is [B]c1ccc(C(=O)Nc2ccc(CCNC(=O)OC(C)(C)C)cc2)cc1F. The van der Waals surface area contributed by atoms with E-state index >= 15 is 0 Å². The van der Waals surface area contributed by atoms with E-state index in [9.17, 15) is 14.0 Å². The fourth-order valence-corrected chi connectivity index (χ4v) is 2.25. The van der Waals surface area contributed by atoms with Crippen LogP contribution in [0.4, 0.5) is 14.9 Å². The number of rotatable bonds is 5. The second-order valence-electron chi connectivity index (χ2n) is 7.07. The van der Waals surface area contributed by atoms with Crippen LogP contribution in [-0.4, -0.2) is 32.0 Å². The first kappa shape index (κ1) is 20.5. The first-order valence-corrected chi connectivity index (χ1v) is 8.56. The standard InChI is InChI=1S/C20H22BFN2O3/c1-20(2,3)27-19(26)23-11-10-13-4-7-15(8-5-13)24-18(25)14-6-9-16(21)17(22)12-14/h4-9,12H,10-11H2,1-3H3,(H,23,26)(H,24,25). The van der Waals surface area contributed by atoms with E-state index in [1.54, 1.807) is 32.9 Å². The van der Waals surface area contributed by atoms with Gasteiger partial charge in [-0.3, -0.25) is 4.79 Å². The number of hydrogen-bond donors (Lipinski definition) is 2. The molecule has 0 spiro atoms. The summed E-state index contributed by atoms with van der Waals surface area (Å²) in [5.74, 6) is -1.05. The van der Waals surface area contributed by atoms with Crippen LogP contribution >= 0.6 is 0 Å². The van der Waals surface area contributed by atoms with Gasteiger partial charge in [0.15, 0.2) is 0 Å². The van der Waals surface area contributed by atoms with Crippen LogP contribution in [0.3, 0.4) is 0 Å². The molecule has 0 saturated carbocycles. The Balaban J connectivity index is 1.85. The minimum Gasteiger partial charge on any atom is -0.444 e. The molecular formula is C20H22BFN2O3. The summed E-state index contributed by atoms with van der Waals surface area (Å²) in [5.41, 5.74) is 1.23. The Morgan fingerprint density at radius 3 is 2.37 bits per heavy atom. The molecule has 0 aromatic heterocycles. The van der Waals surface area contributed by atoms with Gasteiger partial charge in [-0.05, 0) is 57.0 Å². The van der Waals surface area contributed by atoms with Crippen molar-refractivity contribution < 1.29 is 18.7 Å². The van der Waals surface area contributed by atoms with Gasteiger partial charge in [-0.1, -0.05) is 23.7 Å². The molecule has 0 saturated heterocycles. The minimum atomic E-state index is -0.629. The predicted octanol–water partition coefficient (Wildman–Crippen LogP) is 2.94. The molecule has 0 aliphatic rings. The second-order valence-corrected chi connectivity index (χ2v) is 7.07. The molecule has 0 unspecified atom stereocenters. The molecule has 0 atom stereocenters. The maximum absolute atomic E-state index is 13.5. The van der Waals surface area contributed by atoms with E-state index < -0.39 is 23.4 Å². The molecule has 2 aromatic carbocycles. The first-order chi connectivity index (χ1) is 12.6. The van der Waals surface area contributed by atoms with Crippen LogP contribution in [0.2, 0.25) is 0 Å². The van der Waals surface area contributed by atoms with Crippen molar-refractivity contribution >= 4 is 31.0 Å². The average Bonchev–Trinajstić information content (AvgIpc) is 2.57. The summed E-state index contributed by atoms with van der Waals surface area (Å²) < 4.78 is 18.6. The maximum Gasteiger partial charge on any atom is 0.407 e. The molecule has 140 valence electrons. The van der Waals surface area contributed by atoms with E-state index in [0.717, 1.165) is 11.6 Å². The number of amides is 2. The lowest BCUT2D eigenvalue weighted by atomic mass is 9.94.